The average Bonchev–Trinajstić information content (AvgIpc) is 3.57. The van der Waals surface area contributed by atoms with Crippen molar-refractivity contribution in [1.29, 1.82) is 0 Å². The number of alkyl halides is 3. The third-order valence-corrected chi connectivity index (χ3v) is 8.31. The fourth-order valence-corrected chi connectivity index (χ4v) is 6.03. The van der Waals surface area contributed by atoms with Crippen molar-refractivity contribution in [3.8, 4) is 11.1 Å². The quantitative estimate of drug-likeness (QED) is 0.382. The molecule has 1 saturated carbocycles. The number of benzene rings is 1. The summed E-state index contributed by atoms with van der Waals surface area (Å²) in [5.74, 6) is -0.417. The maximum absolute atomic E-state index is 12.9. The molecule has 12 heteroatoms. The van der Waals surface area contributed by atoms with Crippen molar-refractivity contribution in [3.63, 3.8) is 0 Å². The van der Waals surface area contributed by atoms with Crippen LogP contribution in [-0.4, -0.2) is 63.7 Å². The summed E-state index contributed by atoms with van der Waals surface area (Å²) in [7, 11) is 0. The number of carbonyl (C=O) groups is 2. The van der Waals surface area contributed by atoms with Gasteiger partial charge >= 0.3 is 6.18 Å². The molecular weight excluding hydrogens is 551 g/mol. The number of aromatic nitrogens is 2. The molecule has 1 saturated heterocycles. The van der Waals surface area contributed by atoms with Gasteiger partial charge in [0.1, 0.15) is 11.4 Å². The Morgan fingerprint density at radius 1 is 1.14 bits per heavy atom. The molecule has 42 heavy (non-hydrogen) atoms. The number of rotatable bonds is 7. The summed E-state index contributed by atoms with van der Waals surface area (Å²) in [6.45, 7) is 4.86. The molecule has 5 rings (SSSR count). The van der Waals surface area contributed by atoms with Gasteiger partial charge in [-0.1, -0.05) is 17.3 Å². The van der Waals surface area contributed by atoms with E-state index in [2.05, 4.69) is 25.7 Å². The Morgan fingerprint density at radius 3 is 2.55 bits per heavy atom. The molecule has 1 aliphatic carbocycles. The molecule has 2 aromatic heterocycles. The van der Waals surface area contributed by atoms with E-state index in [-0.39, 0.29) is 24.2 Å². The van der Waals surface area contributed by atoms with Gasteiger partial charge in [0.25, 0.3) is 5.91 Å². The van der Waals surface area contributed by atoms with E-state index in [1.807, 2.05) is 26.0 Å². The summed E-state index contributed by atoms with van der Waals surface area (Å²) in [6, 6.07) is 8.07. The second kappa shape index (κ2) is 11.8. The molecule has 1 aliphatic heterocycles. The molecule has 2 amide bonds. The number of amides is 2. The first-order valence-electron chi connectivity index (χ1n) is 14.0. The zero-order valence-corrected chi connectivity index (χ0v) is 23.5. The molecule has 0 unspecified atom stereocenters. The zero-order chi connectivity index (χ0) is 30.1. The number of hydrogen-bond donors (Lipinski definition) is 3. The number of halogens is 3. The monoisotopic (exact) mass is 585 g/mol. The SMILES string of the molecule is Cc1noc(C)c1-c1ccc(C2(O)CCC(N3CC[C@@H](NC(=O)CNC(=O)c4cccc(C(F)(F)F)c4)C3)CC2)nc1. The predicted octanol–water partition coefficient (Wildman–Crippen LogP) is 4.12. The van der Waals surface area contributed by atoms with Gasteiger partial charge in [-0.05, 0) is 70.2 Å². The van der Waals surface area contributed by atoms with Crippen molar-refractivity contribution in [2.24, 2.45) is 0 Å². The fraction of sp³-hybridized carbons (Fsp3) is 0.467. The number of pyridine rings is 1. The van der Waals surface area contributed by atoms with Crippen LogP contribution in [0, 0.1) is 13.8 Å². The van der Waals surface area contributed by atoms with E-state index in [0.717, 1.165) is 66.6 Å². The van der Waals surface area contributed by atoms with Gasteiger partial charge in [-0.3, -0.25) is 19.5 Å². The molecule has 3 aromatic rings. The van der Waals surface area contributed by atoms with Crippen LogP contribution in [0.4, 0.5) is 13.2 Å². The molecule has 3 N–H and O–H groups in total. The number of nitrogens with one attached hydrogen (secondary N) is 2. The highest BCUT2D eigenvalue weighted by atomic mass is 19.4. The summed E-state index contributed by atoms with van der Waals surface area (Å²) in [4.78, 5) is 31.6. The summed E-state index contributed by atoms with van der Waals surface area (Å²) in [5.41, 5.74) is 1.17. The number of nitrogens with zero attached hydrogens (tertiary/aromatic N) is 3. The highest BCUT2D eigenvalue weighted by Gasteiger charge is 2.39. The Balaban J connectivity index is 1.08. The van der Waals surface area contributed by atoms with Crippen LogP contribution >= 0.6 is 0 Å². The molecule has 1 aromatic carbocycles. The third kappa shape index (κ3) is 6.49. The minimum atomic E-state index is -4.56. The second-order valence-electron chi connectivity index (χ2n) is 11.2. The third-order valence-electron chi connectivity index (χ3n) is 8.31. The lowest BCUT2D eigenvalue weighted by molar-refractivity contribution is -0.137. The van der Waals surface area contributed by atoms with Gasteiger partial charge in [-0.2, -0.15) is 13.2 Å². The van der Waals surface area contributed by atoms with Gasteiger partial charge < -0.3 is 20.3 Å². The number of likely N-dealkylation sites (tertiary alicyclic amines) is 1. The van der Waals surface area contributed by atoms with Crippen molar-refractivity contribution in [2.45, 2.75) is 69.8 Å². The Kier molecular flexibility index (Phi) is 8.38. The lowest BCUT2D eigenvalue weighted by Gasteiger charge is -2.39. The normalized spacial score (nSPS) is 23.1. The first kappa shape index (κ1) is 29.7. The molecule has 0 radical (unpaired) electrons. The number of carbonyl (C=O) groups excluding carboxylic acids is 2. The Morgan fingerprint density at radius 2 is 1.90 bits per heavy atom. The minimum Gasteiger partial charge on any atom is -0.384 e. The molecule has 9 nitrogen and oxygen atoms in total. The van der Waals surface area contributed by atoms with Crippen molar-refractivity contribution >= 4 is 11.8 Å². The van der Waals surface area contributed by atoms with Crippen LogP contribution in [0.3, 0.4) is 0 Å². The molecule has 0 spiro atoms. The summed E-state index contributed by atoms with van der Waals surface area (Å²) < 4.78 is 44.0. The molecule has 2 fully saturated rings. The Hall–Kier alpha value is -3.77. The maximum atomic E-state index is 12.9. The van der Waals surface area contributed by atoms with E-state index in [0.29, 0.717) is 25.1 Å². The zero-order valence-electron chi connectivity index (χ0n) is 23.5. The molecule has 224 valence electrons. The van der Waals surface area contributed by atoms with Gasteiger partial charge in [0, 0.05) is 48.1 Å². The van der Waals surface area contributed by atoms with Crippen molar-refractivity contribution in [3.05, 3.63) is 70.9 Å². The van der Waals surface area contributed by atoms with E-state index in [9.17, 15) is 27.9 Å². The van der Waals surface area contributed by atoms with Crippen LogP contribution < -0.4 is 10.6 Å². The molecular formula is C30H34F3N5O4. The Bertz CT molecular complexity index is 1410. The molecule has 1 atom stereocenters. The second-order valence-corrected chi connectivity index (χ2v) is 11.2. The highest BCUT2D eigenvalue weighted by Crippen LogP contribution is 2.39. The fourth-order valence-electron chi connectivity index (χ4n) is 6.03. The van der Waals surface area contributed by atoms with Gasteiger partial charge in [0.2, 0.25) is 5.91 Å². The number of hydrogen-bond acceptors (Lipinski definition) is 7. The summed E-state index contributed by atoms with van der Waals surface area (Å²) in [6.07, 6.45) is 0.670. The van der Waals surface area contributed by atoms with Crippen molar-refractivity contribution < 1.29 is 32.4 Å². The summed E-state index contributed by atoms with van der Waals surface area (Å²) in [5, 5.41) is 20.7. The van der Waals surface area contributed by atoms with Crippen LogP contribution in [0.5, 0.6) is 0 Å². The summed E-state index contributed by atoms with van der Waals surface area (Å²) >= 11 is 0. The largest absolute Gasteiger partial charge is 0.416 e. The van der Waals surface area contributed by atoms with Crippen LogP contribution in [-0.2, 0) is 16.6 Å². The van der Waals surface area contributed by atoms with Crippen LogP contribution in [0.25, 0.3) is 11.1 Å². The minimum absolute atomic E-state index is 0.0951. The van der Waals surface area contributed by atoms with Gasteiger partial charge in [-0.15, -0.1) is 0 Å². The van der Waals surface area contributed by atoms with Crippen molar-refractivity contribution in [1.82, 2.24) is 25.7 Å². The van der Waals surface area contributed by atoms with Crippen LogP contribution in [0.2, 0.25) is 0 Å². The molecule has 3 heterocycles. The van der Waals surface area contributed by atoms with E-state index in [1.54, 1.807) is 6.20 Å². The van der Waals surface area contributed by atoms with Crippen LogP contribution in [0.1, 0.15) is 65.2 Å². The van der Waals surface area contributed by atoms with E-state index < -0.39 is 29.2 Å². The maximum Gasteiger partial charge on any atom is 0.416 e. The molecule has 0 bridgehead atoms. The highest BCUT2D eigenvalue weighted by molar-refractivity contribution is 5.96. The van der Waals surface area contributed by atoms with Crippen molar-refractivity contribution in [2.75, 3.05) is 19.6 Å². The van der Waals surface area contributed by atoms with Crippen LogP contribution in [0.15, 0.2) is 47.1 Å². The van der Waals surface area contributed by atoms with Gasteiger partial charge in [0.05, 0.1) is 23.5 Å². The van der Waals surface area contributed by atoms with E-state index >= 15 is 0 Å². The average molecular weight is 586 g/mol. The predicted molar refractivity (Wildman–Crippen MR) is 147 cm³/mol. The lowest BCUT2D eigenvalue weighted by atomic mass is 9.79. The smallest absolute Gasteiger partial charge is 0.384 e. The Labute approximate surface area is 241 Å². The van der Waals surface area contributed by atoms with Gasteiger partial charge in [-0.25, -0.2) is 0 Å². The lowest BCUT2D eigenvalue weighted by Crippen LogP contribution is -2.45. The topological polar surface area (TPSA) is 121 Å². The number of aliphatic hydroxyl groups is 1. The first-order chi connectivity index (χ1) is 19.9. The number of aryl methyl sites for hydroxylation is 2. The standard InChI is InChI=1S/C30H34F3N5O4/c1-18-27(19(2)42-37-18)21-6-7-25(34-15-21)29(41)11-8-24(9-12-29)38-13-10-23(17-38)36-26(39)16-35-28(40)20-4-3-5-22(14-20)30(31,32)33/h3-7,14-15,23-24,41H,8-13,16-17H2,1-2H3,(H,35,40)(H,36,39)/t23-,24?,29?/m1/s1. The molecule has 2 aliphatic rings. The van der Waals surface area contributed by atoms with Gasteiger partial charge in [0.15, 0.2) is 0 Å². The van der Waals surface area contributed by atoms with E-state index in [1.165, 1.54) is 6.07 Å². The van der Waals surface area contributed by atoms with E-state index in [4.69, 9.17) is 4.52 Å². The first-order valence-corrected chi connectivity index (χ1v) is 14.0.